The Balaban J connectivity index is 2.45. The van der Waals surface area contributed by atoms with E-state index >= 15 is 0 Å². The minimum absolute atomic E-state index is 0.101. The van der Waals surface area contributed by atoms with Gasteiger partial charge >= 0.3 is 0 Å². The van der Waals surface area contributed by atoms with Gasteiger partial charge in [0, 0.05) is 19.6 Å². The van der Waals surface area contributed by atoms with E-state index in [1.165, 1.54) is 6.26 Å². The van der Waals surface area contributed by atoms with Gasteiger partial charge in [-0.15, -0.1) is 0 Å². The van der Waals surface area contributed by atoms with Crippen molar-refractivity contribution in [1.29, 1.82) is 0 Å². The summed E-state index contributed by atoms with van der Waals surface area (Å²) >= 11 is 0. The maximum Gasteiger partial charge on any atom is 0.289 e. The van der Waals surface area contributed by atoms with E-state index in [-0.39, 0.29) is 11.9 Å². The molecule has 4 nitrogen and oxygen atoms in total. The fourth-order valence-corrected chi connectivity index (χ4v) is 1.09. The highest BCUT2D eigenvalue weighted by Crippen LogP contribution is 2.04. The van der Waals surface area contributed by atoms with E-state index in [9.17, 15) is 4.79 Å². The van der Waals surface area contributed by atoms with Crippen molar-refractivity contribution in [2.45, 2.75) is 19.4 Å². The van der Waals surface area contributed by atoms with Crippen molar-refractivity contribution in [3.63, 3.8) is 0 Å². The van der Waals surface area contributed by atoms with E-state index in [2.05, 4.69) is 0 Å². The highest BCUT2D eigenvalue weighted by atomic mass is 16.3. The van der Waals surface area contributed by atoms with Gasteiger partial charge in [0.1, 0.15) is 0 Å². The lowest BCUT2D eigenvalue weighted by atomic mass is 10.2. The van der Waals surface area contributed by atoms with Crippen LogP contribution in [-0.4, -0.2) is 30.4 Å². The summed E-state index contributed by atoms with van der Waals surface area (Å²) in [6, 6.07) is 3.47. The number of carbonyl (C=O) groups is 1. The second-order valence-electron chi connectivity index (χ2n) is 3.47. The van der Waals surface area contributed by atoms with Crippen molar-refractivity contribution in [3.8, 4) is 0 Å². The molecule has 1 rings (SSSR count). The first-order chi connectivity index (χ1) is 6.61. The second kappa shape index (κ2) is 4.81. The third kappa shape index (κ3) is 2.88. The highest BCUT2D eigenvalue weighted by molar-refractivity contribution is 5.91. The number of hydrogen-bond acceptors (Lipinski definition) is 3. The summed E-state index contributed by atoms with van der Waals surface area (Å²) in [4.78, 5) is 13.2. The molecule has 4 heteroatoms. The van der Waals surface area contributed by atoms with Crippen LogP contribution in [0.15, 0.2) is 22.8 Å². The molecule has 0 spiro atoms. The number of furan rings is 1. The largest absolute Gasteiger partial charge is 0.459 e. The first kappa shape index (κ1) is 10.8. The Labute approximate surface area is 83.7 Å². The summed E-state index contributed by atoms with van der Waals surface area (Å²) in [5.41, 5.74) is 5.60. The summed E-state index contributed by atoms with van der Waals surface area (Å²) in [6.07, 6.45) is 2.29. The van der Waals surface area contributed by atoms with Crippen molar-refractivity contribution >= 4 is 5.91 Å². The second-order valence-corrected chi connectivity index (χ2v) is 3.47. The molecule has 0 radical (unpaired) electrons. The Bertz CT molecular complexity index is 280. The average Bonchev–Trinajstić information content (AvgIpc) is 2.65. The molecule has 14 heavy (non-hydrogen) atoms. The van der Waals surface area contributed by atoms with Crippen LogP contribution in [0.1, 0.15) is 23.9 Å². The number of rotatable bonds is 4. The molecule has 78 valence electrons. The number of nitrogens with two attached hydrogens (primary N) is 1. The first-order valence-corrected chi connectivity index (χ1v) is 4.66. The molecule has 0 fully saturated rings. The molecular formula is C10H16N2O2. The van der Waals surface area contributed by atoms with Crippen LogP contribution in [0, 0.1) is 0 Å². The SMILES string of the molecule is CC(N)CCN(C)C(=O)c1ccco1. The molecule has 1 unspecified atom stereocenters. The van der Waals surface area contributed by atoms with E-state index in [1.807, 2.05) is 6.92 Å². The zero-order valence-electron chi connectivity index (χ0n) is 8.56. The maximum absolute atomic E-state index is 11.6. The maximum atomic E-state index is 11.6. The molecule has 1 atom stereocenters. The van der Waals surface area contributed by atoms with Crippen molar-refractivity contribution in [2.24, 2.45) is 5.73 Å². The van der Waals surface area contributed by atoms with E-state index in [0.29, 0.717) is 12.3 Å². The summed E-state index contributed by atoms with van der Waals surface area (Å²) in [7, 11) is 1.74. The first-order valence-electron chi connectivity index (χ1n) is 4.66. The molecule has 0 aromatic carbocycles. The summed E-state index contributed by atoms with van der Waals surface area (Å²) < 4.78 is 5.00. The molecule has 0 aliphatic carbocycles. The Morgan fingerprint density at radius 3 is 2.93 bits per heavy atom. The lowest BCUT2D eigenvalue weighted by molar-refractivity contribution is 0.0760. The molecule has 1 aromatic heterocycles. The molecule has 0 aliphatic rings. The van der Waals surface area contributed by atoms with Gasteiger partial charge in [-0.2, -0.15) is 0 Å². The summed E-state index contributed by atoms with van der Waals surface area (Å²) in [6.45, 7) is 2.57. The number of hydrogen-bond donors (Lipinski definition) is 1. The normalized spacial score (nSPS) is 12.5. The van der Waals surface area contributed by atoms with Crippen LogP contribution in [0.2, 0.25) is 0 Å². The third-order valence-corrected chi connectivity index (χ3v) is 2.00. The molecular weight excluding hydrogens is 180 g/mol. The Morgan fingerprint density at radius 2 is 2.43 bits per heavy atom. The molecule has 0 bridgehead atoms. The van der Waals surface area contributed by atoms with Crippen molar-refractivity contribution in [3.05, 3.63) is 24.2 Å². The van der Waals surface area contributed by atoms with E-state index in [1.54, 1.807) is 24.1 Å². The van der Waals surface area contributed by atoms with Crippen LogP contribution in [0.25, 0.3) is 0 Å². The quantitative estimate of drug-likeness (QED) is 0.784. The van der Waals surface area contributed by atoms with Crippen LogP contribution < -0.4 is 5.73 Å². The minimum Gasteiger partial charge on any atom is -0.459 e. The van der Waals surface area contributed by atoms with Gasteiger partial charge in [-0.3, -0.25) is 4.79 Å². The van der Waals surface area contributed by atoms with Crippen LogP contribution in [0.5, 0.6) is 0 Å². The van der Waals surface area contributed by atoms with Gasteiger partial charge in [0.05, 0.1) is 6.26 Å². The Morgan fingerprint density at radius 1 is 1.71 bits per heavy atom. The predicted octanol–water partition coefficient (Wildman–Crippen LogP) is 1.09. The fraction of sp³-hybridized carbons (Fsp3) is 0.500. The monoisotopic (exact) mass is 196 g/mol. The highest BCUT2D eigenvalue weighted by Gasteiger charge is 2.13. The summed E-state index contributed by atoms with van der Waals surface area (Å²) in [5, 5.41) is 0. The van der Waals surface area contributed by atoms with Crippen molar-refractivity contribution in [1.82, 2.24) is 4.90 Å². The topological polar surface area (TPSA) is 59.5 Å². The third-order valence-electron chi connectivity index (χ3n) is 2.00. The van der Waals surface area contributed by atoms with Crippen LogP contribution in [0.4, 0.5) is 0 Å². The summed E-state index contributed by atoms with van der Waals surface area (Å²) in [5.74, 6) is 0.271. The van der Waals surface area contributed by atoms with E-state index in [4.69, 9.17) is 10.2 Å². The van der Waals surface area contributed by atoms with Gasteiger partial charge in [-0.05, 0) is 25.5 Å². The molecule has 1 aromatic rings. The molecule has 1 heterocycles. The molecule has 0 saturated heterocycles. The van der Waals surface area contributed by atoms with Gasteiger partial charge < -0.3 is 15.1 Å². The number of carbonyl (C=O) groups excluding carboxylic acids is 1. The van der Waals surface area contributed by atoms with Gasteiger partial charge in [0.25, 0.3) is 5.91 Å². The van der Waals surface area contributed by atoms with Gasteiger partial charge in [-0.25, -0.2) is 0 Å². The average molecular weight is 196 g/mol. The lowest BCUT2D eigenvalue weighted by Gasteiger charge is -2.16. The standard InChI is InChI=1S/C10H16N2O2/c1-8(11)5-6-12(2)10(13)9-4-3-7-14-9/h3-4,7-8H,5-6,11H2,1-2H3. The van der Waals surface area contributed by atoms with E-state index < -0.39 is 0 Å². The van der Waals surface area contributed by atoms with Gasteiger partial charge in [0.2, 0.25) is 0 Å². The molecule has 0 saturated carbocycles. The van der Waals surface area contributed by atoms with Crippen LogP contribution in [-0.2, 0) is 0 Å². The minimum atomic E-state index is -0.101. The zero-order chi connectivity index (χ0) is 10.6. The lowest BCUT2D eigenvalue weighted by Crippen LogP contribution is -2.31. The van der Waals surface area contributed by atoms with Gasteiger partial charge in [-0.1, -0.05) is 0 Å². The fourth-order valence-electron chi connectivity index (χ4n) is 1.09. The van der Waals surface area contributed by atoms with Crippen LogP contribution >= 0.6 is 0 Å². The number of nitrogens with zero attached hydrogens (tertiary/aromatic N) is 1. The molecule has 2 N–H and O–H groups in total. The van der Waals surface area contributed by atoms with Gasteiger partial charge in [0.15, 0.2) is 5.76 Å². The zero-order valence-corrected chi connectivity index (χ0v) is 8.56. The molecule has 0 aliphatic heterocycles. The predicted molar refractivity (Wildman–Crippen MR) is 53.9 cm³/mol. The van der Waals surface area contributed by atoms with Crippen molar-refractivity contribution in [2.75, 3.05) is 13.6 Å². The Hall–Kier alpha value is -1.29. The number of amides is 1. The smallest absolute Gasteiger partial charge is 0.289 e. The van der Waals surface area contributed by atoms with Crippen LogP contribution in [0.3, 0.4) is 0 Å². The molecule has 1 amide bonds. The van der Waals surface area contributed by atoms with Crippen molar-refractivity contribution < 1.29 is 9.21 Å². The van der Waals surface area contributed by atoms with E-state index in [0.717, 1.165) is 6.42 Å². The Kier molecular flexibility index (Phi) is 3.71.